The number of rotatable bonds is 5. The molecule has 57 heavy (non-hydrogen) atoms. The van der Waals surface area contributed by atoms with Crippen molar-refractivity contribution in [2.45, 2.75) is 50.9 Å². The summed E-state index contributed by atoms with van der Waals surface area (Å²) in [6, 6.07) is 68.4. The normalized spacial score (nSPS) is 17.2. The number of hydrogen-bond acceptors (Lipinski definition) is 1. The Kier molecular flexibility index (Phi) is 7.15. The quantitative estimate of drug-likeness (QED) is 0.170. The summed E-state index contributed by atoms with van der Waals surface area (Å²) in [4.78, 5) is 2.53. The van der Waals surface area contributed by atoms with Crippen LogP contribution in [0.3, 0.4) is 0 Å². The standard InChI is InChI=1S/C56H45N/c1-54(2)46-25-13-9-21-40(46)45-34-37(31-33-48(45)54)57(38-30-32-41-39-20-10-15-27-49(39)56(5,51(41)35-38)36-18-7-6-8-19-36)52-29-16-12-22-42(52)43-24-17-28-50-53(43)44-23-11-14-26-47(44)55(50,3)4/h6-35H,1-5H3. The lowest BCUT2D eigenvalue weighted by atomic mass is 9.74. The van der Waals surface area contributed by atoms with Crippen molar-refractivity contribution < 1.29 is 0 Å². The number of nitrogens with zero attached hydrogens (tertiary/aromatic N) is 1. The molecule has 0 saturated carbocycles. The second-order valence-electron chi connectivity index (χ2n) is 17.4. The van der Waals surface area contributed by atoms with E-state index in [1.807, 2.05) is 0 Å². The molecule has 3 aliphatic carbocycles. The topological polar surface area (TPSA) is 3.24 Å². The van der Waals surface area contributed by atoms with E-state index in [4.69, 9.17) is 0 Å². The van der Waals surface area contributed by atoms with Crippen LogP contribution in [-0.4, -0.2) is 0 Å². The summed E-state index contributed by atoms with van der Waals surface area (Å²) in [5.74, 6) is 0. The average molecular weight is 732 g/mol. The fraction of sp³-hybridized carbons (Fsp3) is 0.143. The third-order valence-electron chi connectivity index (χ3n) is 13.8. The lowest BCUT2D eigenvalue weighted by Crippen LogP contribution is -2.23. The van der Waals surface area contributed by atoms with Crippen molar-refractivity contribution >= 4 is 17.1 Å². The zero-order valence-electron chi connectivity index (χ0n) is 33.3. The van der Waals surface area contributed by atoms with Crippen LogP contribution in [0, 0.1) is 0 Å². The van der Waals surface area contributed by atoms with Gasteiger partial charge in [-0.25, -0.2) is 0 Å². The maximum atomic E-state index is 2.53. The van der Waals surface area contributed by atoms with E-state index in [0.717, 1.165) is 17.1 Å². The second-order valence-corrected chi connectivity index (χ2v) is 17.4. The molecule has 0 bridgehead atoms. The van der Waals surface area contributed by atoms with E-state index in [0.29, 0.717) is 0 Å². The first-order valence-electron chi connectivity index (χ1n) is 20.4. The number of benzene rings is 8. The lowest BCUT2D eigenvalue weighted by Gasteiger charge is -2.32. The van der Waals surface area contributed by atoms with Crippen molar-refractivity contribution in [1.82, 2.24) is 0 Å². The van der Waals surface area contributed by atoms with Gasteiger partial charge in [-0.3, -0.25) is 0 Å². The molecule has 0 spiro atoms. The predicted octanol–water partition coefficient (Wildman–Crippen LogP) is 14.8. The van der Waals surface area contributed by atoms with Crippen molar-refractivity contribution in [3.63, 3.8) is 0 Å². The molecule has 0 radical (unpaired) electrons. The number of para-hydroxylation sites is 1. The smallest absolute Gasteiger partial charge is 0.0540 e. The van der Waals surface area contributed by atoms with Crippen LogP contribution in [0.1, 0.15) is 73.6 Å². The van der Waals surface area contributed by atoms with Crippen LogP contribution in [0.4, 0.5) is 17.1 Å². The van der Waals surface area contributed by atoms with Crippen molar-refractivity contribution in [2.24, 2.45) is 0 Å². The van der Waals surface area contributed by atoms with Crippen LogP contribution in [0.2, 0.25) is 0 Å². The van der Waals surface area contributed by atoms with Crippen LogP contribution in [0.25, 0.3) is 44.5 Å². The highest BCUT2D eigenvalue weighted by Gasteiger charge is 2.42. The Hall–Kier alpha value is -6.44. The Morgan fingerprint density at radius 2 is 0.807 bits per heavy atom. The van der Waals surface area contributed by atoms with Crippen LogP contribution in [-0.2, 0) is 16.2 Å². The van der Waals surface area contributed by atoms with Gasteiger partial charge in [0, 0.05) is 33.2 Å². The third kappa shape index (κ3) is 4.63. The van der Waals surface area contributed by atoms with Gasteiger partial charge in [-0.2, -0.15) is 0 Å². The first kappa shape index (κ1) is 33.9. The van der Waals surface area contributed by atoms with E-state index in [2.05, 4.69) is 222 Å². The van der Waals surface area contributed by atoms with Crippen molar-refractivity contribution in [3.05, 3.63) is 221 Å². The highest BCUT2D eigenvalue weighted by atomic mass is 15.1. The zero-order valence-corrected chi connectivity index (χ0v) is 33.3. The summed E-state index contributed by atoms with van der Waals surface area (Å²) in [6.07, 6.45) is 0. The largest absolute Gasteiger partial charge is 0.310 e. The number of hydrogen-bond donors (Lipinski definition) is 0. The van der Waals surface area contributed by atoms with Gasteiger partial charge in [0.05, 0.1) is 5.69 Å². The van der Waals surface area contributed by atoms with E-state index >= 15 is 0 Å². The van der Waals surface area contributed by atoms with Crippen molar-refractivity contribution in [2.75, 3.05) is 4.90 Å². The molecule has 0 heterocycles. The van der Waals surface area contributed by atoms with E-state index in [1.54, 1.807) is 0 Å². The average Bonchev–Trinajstić information content (AvgIpc) is 3.75. The molecular weight excluding hydrogens is 687 g/mol. The minimum atomic E-state index is -0.315. The minimum Gasteiger partial charge on any atom is -0.310 e. The van der Waals surface area contributed by atoms with E-state index in [1.165, 1.54) is 83.5 Å². The molecule has 0 saturated heterocycles. The van der Waals surface area contributed by atoms with Gasteiger partial charge in [0.2, 0.25) is 0 Å². The summed E-state index contributed by atoms with van der Waals surface area (Å²) in [5, 5.41) is 0. The summed E-state index contributed by atoms with van der Waals surface area (Å²) >= 11 is 0. The van der Waals surface area contributed by atoms with Crippen LogP contribution in [0.15, 0.2) is 182 Å². The van der Waals surface area contributed by atoms with Crippen molar-refractivity contribution in [1.29, 1.82) is 0 Å². The molecule has 1 heteroatoms. The molecule has 0 amide bonds. The molecule has 274 valence electrons. The first-order valence-corrected chi connectivity index (χ1v) is 20.4. The molecule has 1 nitrogen and oxygen atoms in total. The van der Waals surface area contributed by atoms with Gasteiger partial charge in [-0.1, -0.05) is 179 Å². The summed E-state index contributed by atoms with van der Waals surface area (Å²) in [6.45, 7) is 11.9. The maximum Gasteiger partial charge on any atom is 0.0540 e. The van der Waals surface area contributed by atoms with Crippen LogP contribution >= 0.6 is 0 Å². The van der Waals surface area contributed by atoms with Gasteiger partial charge in [-0.05, 0) is 115 Å². The molecule has 0 aromatic heterocycles. The monoisotopic (exact) mass is 731 g/mol. The molecule has 3 aliphatic rings. The Labute approximate surface area is 336 Å². The molecule has 1 atom stereocenters. The molecule has 1 unspecified atom stereocenters. The van der Waals surface area contributed by atoms with E-state index in [9.17, 15) is 0 Å². The lowest BCUT2D eigenvalue weighted by molar-refractivity contribution is 0.660. The second kappa shape index (κ2) is 12.0. The van der Waals surface area contributed by atoms with Gasteiger partial charge in [0.1, 0.15) is 0 Å². The maximum absolute atomic E-state index is 2.53. The molecule has 8 aromatic carbocycles. The van der Waals surface area contributed by atoms with Gasteiger partial charge in [0.15, 0.2) is 0 Å². The highest BCUT2D eigenvalue weighted by Crippen LogP contribution is 2.57. The third-order valence-corrected chi connectivity index (χ3v) is 13.8. The van der Waals surface area contributed by atoms with Gasteiger partial charge >= 0.3 is 0 Å². The fourth-order valence-corrected chi connectivity index (χ4v) is 10.9. The van der Waals surface area contributed by atoms with Crippen LogP contribution in [0.5, 0.6) is 0 Å². The molecule has 0 aliphatic heterocycles. The molecule has 11 rings (SSSR count). The summed E-state index contributed by atoms with van der Waals surface area (Å²) in [5.41, 5.74) is 22.9. The predicted molar refractivity (Wildman–Crippen MR) is 239 cm³/mol. The van der Waals surface area contributed by atoms with Crippen LogP contribution < -0.4 is 4.90 Å². The highest BCUT2D eigenvalue weighted by molar-refractivity contribution is 5.99. The van der Waals surface area contributed by atoms with Gasteiger partial charge < -0.3 is 4.90 Å². The van der Waals surface area contributed by atoms with E-state index in [-0.39, 0.29) is 16.2 Å². The molecule has 8 aromatic rings. The van der Waals surface area contributed by atoms with Gasteiger partial charge in [-0.15, -0.1) is 0 Å². The summed E-state index contributed by atoms with van der Waals surface area (Å²) in [7, 11) is 0. The zero-order chi connectivity index (χ0) is 38.7. The Morgan fingerprint density at radius 1 is 0.316 bits per heavy atom. The first-order chi connectivity index (χ1) is 27.7. The molecule has 0 fully saturated rings. The van der Waals surface area contributed by atoms with E-state index < -0.39 is 0 Å². The molecule has 0 N–H and O–H groups in total. The Morgan fingerprint density at radius 3 is 1.56 bits per heavy atom. The Balaban J connectivity index is 1.18. The van der Waals surface area contributed by atoms with Gasteiger partial charge in [0.25, 0.3) is 0 Å². The van der Waals surface area contributed by atoms with Crippen molar-refractivity contribution in [3.8, 4) is 44.5 Å². The number of fused-ring (bicyclic) bond motifs is 9. The summed E-state index contributed by atoms with van der Waals surface area (Å²) < 4.78 is 0. The Bertz CT molecular complexity index is 2930. The SMILES string of the molecule is CC1(C)c2ccccc2-c2cc(N(c3ccc4c(c3)C(C)(c3ccccc3)c3ccccc3-4)c3ccccc3-c3cccc4c3-c3ccccc3C4(C)C)ccc21. The minimum absolute atomic E-state index is 0.0746. The fourth-order valence-electron chi connectivity index (χ4n) is 10.9. The number of anilines is 3. The molecular formula is C56H45N.